The van der Waals surface area contributed by atoms with Crippen molar-refractivity contribution in [3.63, 3.8) is 0 Å². The molecule has 2 aliphatic carbocycles. The normalized spacial score (nSPS) is 24.3. The van der Waals surface area contributed by atoms with Crippen LogP contribution in [0.25, 0.3) is 0 Å². The van der Waals surface area contributed by atoms with Crippen LogP contribution in [-0.4, -0.2) is 32.2 Å². The van der Waals surface area contributed by atoms with E-state index in [0.29, 0.717) is 11.8 Å². The van der Waals surface area contributed by atoms with Crippen LogP contribution in [0.2, 0.25) is 0 Å². The molecule has 142 valence electrons. The molecule has 0 saturated heterocycles. The molecule has 1 aliphatic heterocycles. The predicted molar refractivity (Wildman–Crippen MR) is 104 cm³/mol. The number of amides is 1. The molecule has 1 atom stereocenters. The van der Waals surface area contributed by atoms with E-state index >= 15 is 0 Å². The molecule has 2 saturated carbocycles. The molecule has 1 unspecified atom stereocenters. The molecule has 1 amide bonds. The molecule has 1 aromatic rings. The fourth-order valence-electron chi connectivity index (χ4n) is 3.85. The van der Waals surface area contributed by atoms with E-state index in [0.717, 1.165) is 49.1 Å². The minimum atomic E-state index is -3.56. The SMILES string of the molecule is CC1CN(C(=O)C2CC2)c2cc(S(=O)(=O)NC3CCCCC3)ccc2S1. The number of nitrogens with one attached hydrogen (secondary N) is 1. The number of sulfonamides is 1. The van der Waals surface area contributed by atoms with Crippen LogP contribution in [0.3, 0.4) is 0 Å². The lowest BCUT2D eigenvalue weighted by Gasteiger charge is -2.33. The number of fused-ring (bicyclic) bond motifs is 1. The van der Waals surface area contributed by atoms with Gasteiger partial charge >= 0.3 is 0 Å². The Morgan fingerprint density at radius 3 is 2.58 bits per heavy atom. The molecule has 2 fully saturated rings. The molecular weight excluding hydrogens is 368 g/mol. The number of hydrogen-bond acceptors (Lipinski definition) is 4. The molecule has 1 aromatic carbocycles. The maximum Gasteiger partial charge on any atom is 0.240 e. The molecule has 5 nitrogen and oxygen atoms in total. The van der Waals surface area contributed by atoms with Gasteiger partial charge < -0.3 is 4.90 Å². The topological polar surface area (TPSA) is 66.5 Å². The lowest BCUT2D eigenvalue weighted by Crippen LogP contribution is -2.40. The zero-order chi connectivity index (χ0) is 18.3. The summed E-state index contributed by atoms with van der Waals surface area (Å²) < 4.78 is 28.6. The second kappa shape index (κ2) is 7.17. The number of anilines is 1. The number of carbonyl (C=O) groups is 1. The maximum absolute atomic E-state index is 12.9. The van der Waals surface area contributed by atoms with Crippen molar-refractivity contribution in [1.29, 1.82) is 0 Å². The molecule has 0 bridgehead atoms. The quantitative estimate of drug-likeness (QED) is 0.848. The third-order valence-corrected chi connectivity index (χ3v) is 8.09. The fraction of sp³-hybridized carbons (Fsp3) is 0.632. The van der Waals surface area contributed by atoms with E-state index in [1.54, 1.807) is 23.9 Å². The van der Waals surface area contributed by atoms with Crippen LogP contribution in [-0.2, 0) is 14.8 Å². The molecule has 1 heterocycles. The van der Waals surface area contributed by atoms with Crippen LogP contribution >= 0.6 is 11.8 Å². The van der Waals surface area contributed by atoms with Gasteiger partial charge in [0, 0.05) is 28.6 Å². The lowest BCUT2D eigenvalue weighted by molar-refractivity contribution is -0.119. The number of benzene rings is 1. The first-order chi connectivity index (χ1) is 12.4. The average molecular weight is 395 g/mol. The Kier molecular flexibility index (Phi) is 5.05. The van der Waals surface area contributed by atoms with Gasteiger partial charge in [-0.25, -0.2) is 13.1 Å². The number of hydrogen-bond donors (Lipinski definition) is 1. The molecular formula is C19H26N2O3S2. The zero-order valence-electron chi connectivity index (χ0n) is 15.1. The van der Waals surface area contributed by atoms with E-state index in [1.807, 2.05) is 11.0 Å². The Morgan fingerprint density at radius 1 is 1.15 bits per heavy atom. The minimum absolute atomic E-state index is 0.0309. The molecule has 4 rings (SSSR count). The Hall–Kier alpha value is -1.05. The molecule has 0 radical (unpaired) electrons. The summed E-state index contributed by atoms with van der Waals surface area (Å²) in [6.07, 6.45) is 7.06. The highest BCUT2D eigenvalue weighted by molar-refractivity contribution is 8.00. The smallest absolute Gasteiger partial charge is 0.240 e. The van der Waals surface area contributed by atoms with E-state index in [-0.39, 0.29) is 22.8 Å². The summed E-state index contributed by atoms with van der Waals surface area (Å²) in [4.78, 5) is 15.8. The highest BCUT2D eigenvalue weighted by Gasteiger charge is 2.37. The van der Waals surface area contributed by atoms with Gasteiger partial charge in [-0.1, -0.05) is 26.2 Å². The van der Waals surface area contributed by atoms with E-state index in [1.165, 1.54) is 6.42 Å². The van der Waals surface area contributed by atoms with Gasteiger partial charge in [-0.15, -0.1) is 11.8 Å². The van der Waals surface area contributed by atoms with Crippen LogP contribution in [0.5, 0.6) is 0 Å². The van der Waals surface area contributed by atoms with E-state index in [2.05, 4.69) is 11.6 Å². The summed E-state index contributed by atoms with van der Waals surface area (Å²) in [5.74, 6) is 0.270. The van der Waals surface area contributed by atoms with Crippen molar-refractivity contribution in [2.75, 3.05) is 11.4 Å². The highest BCUT2D eigenvalue weighted by atomic mass is 32.2. The van der Waals surface area contributed by atoms with Crippen LogP contribution in [0.15, 0.2) is 28.0 Å². The Bertz CT molecular complexity index is 799. The van der Waals surface area contributed by atoms with Gasteiger partial charge in [0.15, 0.2) is 0 Å². The summed E-state index contributed by atoms with van der Waals surface area (Å²) in [6.45, 7) is 2.75. The highest BCUT2D eigenvalue weighted by Crippen LogP contribution is 2.42. The summed E-state index contributed by atoms with van der Waals surface area (Å²) in [5.41, 5.74) is 0.761. The number of thioether (sulfide) groups is 1. The van der Waals surface area contributed by atoms with E-state index in [9.17, 15) is 13.2 Å². The van der Waals surface area contributed by atoms with Gasteiger partial charge in [0.05, 0.1) is 10.6 Å². The first-order valence-electron chi connectivity index (χ1n) is 9.58. The molecule has 7 heteroatoms. The van der Waals surface area contributed by atoms with E-state index in [4.69, 9.17) is 0 Å². The Morgan fingerprint density at radius 2 is 1.88 bits per heavy atom. The fourth-order valence-corrected chi connectivity index (χ4v) is 6.27. The van der Waals surface area contributed by atoms with Gasteiger partial charge in [0.2, 0.25) is 15.9 Å². The lowest BCUT2D eigenvalue weighted by atomic mass is 9.96. The summed E-state index contributed by atoms with van der Waals surface area (Å²) >= 11 is 1.71. The second-order valence-corrected chi connectivity index (χ2v) is 10.9. The summed E-state index contributed by atoms with van der Waals surface area (Å²) in [5, 5.41) is 0.313. The van der Waals surface area contributed by atoms with Crippen molar-refractivity contribution in [3.05, 3.63) is 18.2 Å². The van der Waals surface area contributed by atoms with Crippen molar-refractivity contribution in [1.82, 2.24) is 4.72 Å². The standard InChI is InChI=1S/C19H26N2O3S2/c1-13-12-21(19(22)14-7-8-14)17-11-16(9-10-18(17)25-13)26(23,24)20-15-5-3-2-4-6-15/h9-11,13-15,20H,2-8,12H2,1H3. The van der Waals surface area contributed by atoms with Crippen molar-refractivity contribution in [3.8, 4) is 0 Å². The number of rotatable bonds is 4. The molecule has 3 aliphatic rings. The molecule has 0 spiro atoms. The number of nitrogens with zero attached hydrogens (tertiary/aromatic N) is 1. The van der Waals surface area contributed by atoms with Gasteiger partial charge in [0.1, 0.15) is 0 Å². The maximum atomic E-state index is 12.9. The van der Waals surface area contributed by atoms with Crippen molar-refractivity contribution in [2.45, 2.75) is 73.0 Å². The molecule has 1 N–H and O–H groups in total. The third kappa shape index (κ3) is 3.80. The zero-order valence-corrected chi connectivity index (χ0v) is 16.7. The van der Waals surface area contributed by atoms with Gasteiger partial charge in [0.25, 0.3) is 0 Å². The molecule has 0 aromatic heterocycles. The average Bonchev–Trinajstić information content (AvgIpc) is 3.45. The van der Waals surface area contributed by atoms with Crippen molar-refractivity contribution in [2.24, 2.45) is 5.92 Å². The van der Waals surface area contributed by atoms with Crippen LogP contribution in [0.1, 0.15) is 51.9 Å². The monoisotopic (exact) mass is 394 g/mol. The Labute approximate surface area is 160 Å². The van der Waals surface area contributed by atoms with Crippen molar-refractivity contribution < 1.29 is 13.2 Å². The Balaban J connectivity index is 1.62. The third-order valence-electron chi connectivity index (χ3n) is 5.42. The van der Waals surface area contributed by atoms with Crippen LogP contribution in [0, 0.1) is 5.92 Å². The van der Waals surface area contributed by atoms with Gasteiger partial charge in [-0.2, -0.15) is 0 Å². The first-order valence-corrected chi connectivity index (χ1v) is 11.9. The van der Waals surface area contributed by atoms with Crippen LogP contribution < -0.4 is 9.62 Å². The first kappa shape index (κ1) is 18.3. The van der Waals surface area contributed by atoms with E-state index < -0.39 is 10.0 Å². The number of carbonyl (C=O) groups excluding carboxylic acids is 1. The largest absolute Gasteiger partial charge is 0.310 e. The summed E-state index contributed by atoms with van der Waals surface area (Å²) in [6, 6.07) is 5.26. The van der Waals surface area contributed by atoms with Crippen LogP contribution in [0.4, 0.5) is 5.69 Å². The minimum Gasteiger partial charge on any atom is -0.310 e. The summed E-state index contributed by atoms with van der Waals surface area (Å²) in [7, 11) is -3.56. The van der Waals surface area contributed by atoms with Gasteiger partial charge in [-0.05, 0) is 43.9 Å². The predicted octanol–water partition coefficient (Wildman–Crippen LogP) is 3.53. The van der Waals surface area contributed by atoms with Crippen molar-refractivity contribution >= 4 is 33.4 Å². The second-order valence-electron chi connectivity index (χ2n) is 7.74. The van der Waals surface area contributed by atoms with Gasteiger partial charge in [-0.3, -0.25) is 4.79 Å². The molecule has 26 heavy (non-hydrogen) atoms.